The number of piperidine rings is 4. The number of nitrogens with two attached hydrogens (primary N) is 1. The van der Waals surface area contributed by atoms with E-state index in [1.165, 1.54) is 77.5 Å². The third-order valence-corrected chi connectivity index (χ3v) is 30.5. The predicted octanol–water partition coefficient (Wildman–Crippen LogP) is 15.1. The van der Waals surface area contributed by atoms with Crippen LogP contribution in [0.3, 0.4) is 0 Å². The van der Waals surface area contributed by atoms with Crippen LogP contribution in [0.5, 0.6) is 11.5 Å². The van der Waals surface area contributed by atoms with Crippen LogP contribution in [0, 0.1) is 47.3 Å². The number of benzene rings is 4. The number of likely N-dealkylation sites (N-methyl/N-ethyl adjacent to an activating group) is 2. The molecule has 4 saturated heterocycles. The van der Waals surface area contributed by atoms with Crippen LogP contribution in [0.15, 0.2) is 97.3 Å². The summed E-state index contributed by atoms with van der Waals surface area (Å²) >= 11 is 0. The van der Waals surface area contributed by atoms with E-state index in [4.69, 9.17) is 34.6 Å². The van der Waals surface area contributed by atoms with Crippen LogP contribution in [-0.4, -0.2) is 223 Å². The summed E-state index contributed by atoms with van der Waals surface area (Å²) in [6.45, 7) is 22.2. The van der Waals surface area contributed by atoms with Crippen LogP contribution >= 0.6 is 12.4 Å². The summed E-state index contributed by atoms with van der Waals surface area (Å²) in [5.41, 5.74) is 12.4. The minimum atomic E-state index is -0.973. The van der Waals surface area contributed by atoms with Gasteiger partial charge in [0.05, 0.1) is 29.3 Å². The first-order valence-electron chi connectivity index (χ1n) is 48.7. The predicted molar refractivity (Wildman–Crippen MR) is 514 cm³/mol. The van der Waals surface area contributed by atoms with Crippen molar-refractivity contribution < 1.29 is 52.8 Å². The van der Waals surface area contributed by atoms with Crippen molar-refractivity contribution in [1.82, 2.24) is 55.9 Å². The molecule has 30 heteroatoms. The Balaban J connectivity index is 0.000000134. The average molecular weight is 1820 g/mol. The molecule has 9 N–H and O–H groups in total. The highest BCUT2D eigenvalue weighted by molar-refractivity contribution is 6.06. The normalized spacial score (nSPS) is 27.8. The number of carbonyl (C=O) groups is 6. The Bertz CT molecular complexity index is 4950. The van der Waals surface area contributed by atoms with Crippen molar-refractivity contribution in [3.63, 3.8) is 0 Å². The molecule has 20 rings (SSSR count). The van der Waals surface area contributed by atoms with E-state index >= 15 is 0 Å². The summed E-state index contributed by atoms with van der Waals surface area (Å²) in [4.78, 5) is 110. The Morgan fingerprint density at radius 3 is 1.33 bits per heavy atom. The van der Waals surface area contributed by atoms with Gasteiger partial charge in [0.2, 0.25) is 23.7 Å². The molecule has 14 atom stereocenters. The van der Waals surface area contributed by atoms with E-state index in [9.17, 15) is 33.9 Å². The zero-order valence-electron chi connectivity index (χ0n) is 79.0. The first-order chi connectivity index (χ1) is 62.6. The second kappa shape index (κ2) is 42.3. The van der Waals surface area contributed by atoms with Gasteiger partial charge in [-0.05, 0) is 280 Å². The Morgan fingerprint density at radius 2 is 0.893 bits per heavy atom. The number of anilines is 8. The number of amides is 5. The number of likely N-dealkylation sites (tertiary alicyclic amines) is 3. The van der Waals surface area contributed by atoms with E-state index in [1.54, 1.807) is 41.4 Å². The lowest BCUT2D eigenvalue weighted by molar-refractivity contribution is -0.120. The molecular formula is C101H143ClN18O11. The molecule has 10 heterocycles. The number of hydrogen-bond acceptors (Lipinski definition) is 23. The van der Waals surface area contributed by atoms with Crippen LogP contribution in [0.4, 0.5) is 55.9 Å². The van der Waals surface area contributed by atoms with Gasteiger partial charge in [-0.3, -0.25) is 14.4 Å². The van der Waals surface area contributed by atoms with E-state index in [2.05, 4.69) is 108 Å². The van der Waals surface area contributed by atoms with Crippen molar-refractivity contribution in [3.05, 3.63) is 131 Å². The van der Waals surface area contributed by atoms with Gasteiger partial charge in [0, 0.05) is 99.5 Å². The standard InChI is InChI=1S/C34H47N7O3.C25H31N5O4.C17H24N2O2.C16H22N2O2.C9H18N2.ClH/c1-6-27-32(43)40(5)28-18-35-33(38-30(28)41(27)23-9-7-8-10-23)37-26-12-11-24(25-17-34(2,3)44-29(25)26)31(42)36-22-15-20-13-14-39(4)19-21(20)16-22;1-5-18-22(31)29(4)19-13-26-24(28-21(19)30(18)14-8-6-7-9-14)27-17-11-10-15(23(32)33)16-12-25(2,3)34-20(16)17;1-19-8-7-14-9-16(10-15(14)11-19)18-17(20)21-12-13-5-3-2-4-6-13;19-16(20-11-12-4-2-1-3-5-12)18-15-8-13-6-7-17-10-14(13)9-15;1-11-3-2-7-4-9(10)5-8(7)6-11;/h11-12,18,20-23,27H,6-10,13-17,19H2,1-5H3,(H,36,42)(H,35,37,38);10-11,13-14,18H,5-9,12H2,1-4H3,(H,32,33)(H,26,27,28);2-6,14-16H,7-12H2,1H3,(H,18,20);1-5,13-15,17H,6-11H2,(H,18,19);7-9H,2-6,10H2,1H3;1H/t20-,21-,22+,27-;18-;14-,15-,16+;13-,14-,15+;7-,8-,9+;/m11000./s1. The number of halogens is 1. The topological polar surface area (TPSA) is 332 Å². The van der Waals surface area contributed by atoms with Crippen molar-refractivity contribution in [2.75, 3.05) is 118 Å². The summed E-state index contributed by atoms with van der Waals surface area (Å²) < 4.78 is 23.2. The maximum Gasteiger partial charge on any atom is 0.407 e. The molecule has 0 unspecified atom stereocenters. The van der Waals surface area contributed by atoms with Gasteiger partial charge < -0.3 is 96.0 Å². The number of aromatic nitrogens is 4. The van der Waals surface area contributed by atoms with E-state index in [-0.39, 0.29) is 84.1 Å². The maximum absolute atomic E-state index is 13.7. The number of aromatic carboxylic acids is 1. The number of nitrogens with one attached hydrogen (secondary N) is 6. The lowest BCUT2D eigenvalue weighted by Gasteiger charge is -2.43. The van der Waals surface area contributed by atoms with Crippen molar-refractivity contribution in [2.45, 2.75) is 268 Å². The fourth-order valence-electron chi connectivity index (χ4n) is 24.0. The van der Waals surface area contributed by atoms with Gasteiger partial charge in [0.15, 0.2) is 11.6 Å². The molecule has 0 spiro atoms. The molecular weight excluding hydrogens is 1680 g/mol. The SMILES string of the molecule is CC[C@@H]1C(=O)N(C)c2cnc(Nc3ccc(C(=O)N[C@H]4C[C@H]5CCN(C)C[C@H]5C4)c4c3OC(C)(C)C4)nc2N1C1CCCC1.CC[C@@H]1C(=O)N(C)c2cnc(Nc3ccc(C(=O)O)c4c3OC(C)(C)C4)nc2N1C1CCCC1.CN1CC[C@H]2C[C@@H](N)C[C@H]2C1.CN1CC[C@H]2C[C@@H](NC(=O)OCc3ccccc3)C[C@H]2C1.Cl.O=C(N[C@H]1C[C@H]2CNCC[C@H]2C1)OCc1ccccc1. The molecule has 131 heavy (non-hydrogen) atoms. The summed E-state index contributed by atoms with van der Waals surface area (Å²) in [5, 5.41) is 29.2. The highest BCUT2D eigenvalue weighted by Gasteiger charge is 2.47. The molecule has 10 fully saturated rings. The number of ether oxygens (including phenoxy) is 4. The molecule has 0 radical (unpaired) electrons. The maximum atomic E-state index is 13.7. The minimum absolute atomic E-state index is 0. The number of fused-ring (bicyclic) bond motifs is 8. The van der Waals surface area contributed by atoms with Crippen molar-refractivity contribution in [3.8, 4) is 11.5 Å². The van der Waals surface area contributed by atoms with Crippen molar-refractivity contribution in [2.24, 2.45) is 53.1 Å². The number of hydrogen-bond donors (Lipinski definition) is 8. The second-order valence-corrected chi connectivity index (χ2v) is 41.1. The molecule has 5 amide bonds. The molecule has 2 aromatic heterocycles. The number of carbonyl (C=O) groups excluding carboxylic acids is 5. The Morgan fingerprint density at radius 1 is 0.504 bits per heavy atom. The average Bonchev–Trinajstić information content (AvgIpc) is 0.885. The highest BCUT2D eigenvalue weighted by atomic mass is 35.5. The first-order valence-corrected chi connectivity index (χ1v) is 48.7. The van der Waals surface area contributed by atoms with Crippen molar-refractivity contribution >= 4 is 94.6 Å². The summed E-state index contributed by atoms with van der Waals surface area (Å²) in [5.74, 6) is 9.09. The fourth-order valence-corrected chi connectivity index (χ4v) is 24.0. The zero-order valence-corrected chi connectivity index (χ0v) is 79.8. The van der Waals surface area contributed by atoms with Crippen LogP contribution in [0.2, 0.25) is 0 Å². The molecule has 4 aromatic carbocycles. The summed E-state index contributed by atoms with van der Waals surface area (Å²) in [6.07, 6.45) is 28.5. The Hall–Kier alpha value is -9.65. The van der Waals surface area contributed by atoms with Gasteiger partial charge in [-0.2, -0.15) is 9.97 Å². The number of carboxylic acids is 1. The third kappa shape index (κ3) is 22.7. The van der Waals surface area contributed by atoms with Gasteiger partial charge in [-0.1, -0.05) is 100 Å². The Labute approximate surface area is 780 Å². The molecule has 6 aliphatic carbocycles. The number of nitrogens with zero attached hydrogens (tertiary/aromatic N) is 11. The lowest BCUT2D eigenvalue weighted by atomic mass is 9.89. The van der Waals surface area contributed by atoms with E-state index in [0.29, 0.717) is 102 Å². The lowest BCUT2D eigenvalue weighted by Crippen LogP contribution is -2.55. The largest absolute Gasteiger partial charge is 0.485 e. The van der Waals surface area contributed by atoms with Crippen LogP contribution in [-0.2, 0) is 45.1 Å². The van der Waals surface area contributed by atoms with E-state index in [0.717, 1.165) is 185 Å². The summed E-state index contributed by atoms with van der Waals surface area (Å²) in [6, 6.07) is 28.1. The van der Waals surface area contributed by atoms with Crippen LogP contribution in [0.1, 0.15) is 226 Å². The fraction of sp³-hybridized carbons (Fsp3) is 0.624. The minimum Gasteiger partial charge on any atom is -0.485 e. The van der Waals surface area contributed by atoms with Crippen LogP contribution in [0.25, 0.3) is 0 Å². The zero-order chi connectivity index (χ0) is 91.2. The molecule has 29 nitrogen and oxygen atoms in total. The monoisotopic (exact) mass is 1820 g/mol. The van der Waals surface area contributed by atoms with E-state index < -0.39 is 17.2 Å². The number of rotatable bonds is 17. The second-order valence-electron chi connectivity index (χ2n) is 41.1. The van der Waals surface area contributed by atoms with Crippen molar-refractivity contribution in [1.29, 1.82) is 0 Å². The van der Waals surface area contributed by atoms with E-state index in [1.807, 2.05) is 101 Å². The number of carboxylic acid groups (broad SMARTS) is 1. The van der Waals surface area contributed by atoms with Gasteiger partial charge in [0.1, 0.15) is 59.4 Å². The molecule has 6 aromatic rings. The third-order valence-electron chi connectivity index (χ3n) is 30.5. The van der Waals surface area contributed by atoms with Gasteiger partial charge in [0.25, 0.3) is 5.91 Å². The summed E-state index contributed by atoms with van der Waals surface area (Å²) in [7, 11) is 10.2. The van der Waals surface area contributed by atoms with Crippen LogP contribution < -0.4 is 66.7 Å². The Kier molecular flexibility index (Phi) is 31.0. The van der Waals surface area contributed by atoms with Gasteiger partial charge in [-0.25, -0.2) is 24.4 Å². The molecule has 0 bridgehead atoms. The molecule has 8 aliphatic heterocycles. The molecule has 6 saturated carbocycles. The first kappa shape index (κ1) is 95.9. The smallest absolute Gasteiger partial charge is 0.407 e. The quantitative estimate of drug-likeness (QED) is 0.0420. The molecule has 710 valence electrons. The molecule has 14 aliphatic rings. The van der Waals surface area contributed by atoms with Gasteiger partial charge in [-0.15, -0.1) is 12.4 Å². The number of alkyl carbamates (subject to hydrolysis) is 2. The highest BCUT2D eigenvalue weighted by Crippen LogP contribution is 2.49. The van der Waals surface area contributed by atoms with Gasteiger partial charge >= 0.3 is 18.2 Å².